The van der Waals surface area contributed by atoms with Crippen molar-refractivity contribution in [2.24, 2.45) is 0 Å². The van der Waals surface area contributed by atoms with E-state index in [0.717, 1.165) is 27.7 Å². The Balaban J connectivity index is 1.28. The van der Waals surface area contributed by atoms with E-state index in [-0.39, 0.29) is 0 Å². The van der Waals surface area contributed by atoms with Gasteiger partial charge in [0.1, 0.15) is 171 Å². The van der Waals surface area contributed by atoms with E-state index in [1.165, 1.54) is 0 Å². The van der Waals surface area contributed by atoms with Gasteiger partial charge in [-0.25, -0.2) is 19.2 Å². The fraction of sp³-hybridized carbons (Fsp3) is 0.871. The number of carbonyl (C=O) groups excluding carboxylic acids is 5. The highest BCUT2D eigenvalue weighted by Crippen LogP contribution is 2.45. The average molecular weight is 1870 g/mol. The first-order chi connectivity index (χ1) is 59.8. The molecule has 0 radical (unpaired) electrons. The third-order valence-electron chi connectivity index (χ3n) is 22.6. The first-order valence-electron chi connectivity index (χ1n) is 39.6. The zero-order valence-corrected chi connectivity index (χ0v) is 68.3. The van der Waals surface area contributed by atoms with Gasteiger partial charge in [-0.05, 0) is 0 Å². The molecule has 0 aromatic carbocycles. The van der Waals surface area contributed by atoms with Crippen molar-refractivity contribution in [3.63, 3.8) is 0 Å². The maximum atomic E-state index is 14.5. The molecule has 0 aliphatic carbocycles. The first kappa shape index (κ1) is 107. The van der Waals surface area contributed by atoms with Gasteiger partial charge in [0.15, 0.2) is 25.2 Å². The Hall–Kier alpha value is -6.37. The minimum Gasteiger partial charge on any atom is -0.477 e. The van der Waals surface area contributed by atoms with Crippen LogP contribution >= 0.6 is 0 Å². The second-order valence-corrected chi connectivity index (χ2v) is 31.8. The third kappa shape index (κ3) is 23.5. The maximum Gasteiger partial charge on any atom is 0.364 e. The molecule has 8 aliphatic rings. The summed E-state index contributed by atoms with van der Waals surface area (Å²) in [5, 5.41) is 335. The van der Waals surface area contributed by atoms with Crippen molar-refractivity contribution >= 4 is 53.4 Å². The number of nitrogens with one attached hydrogen (secondary N) is 5. The van der Waals surface area contributed by atoms with E-state index in [9.17, 15) is 191 Å². The Labute approximate surface area is 721 Å². The van der Waals surface area contributed by atoms with Crippen LogP contribution in [0.2, 0.25) is 0 Å². The van der Waals surface area contributed by atoms with Gasteiger partial charge < -0.3 is 246 Å². The van der Waals surface area contributed by atoms with Crippen LogP contribution in [0.5, 0.6) is 0 Å². The molecule has 8 fully saturated rings. The number of hydrogen-bond acceptors (Lipinski definition) is 49. The molecule has 0 bridgehead atoms. The summed E-state index contributed by atoms with van der Waals surface area (Å²) in [6.07, 6.45) is -92.9. The molecule has 34 N–H and O–H groups in total. The smallest absolute Gasteiger partial charge is 0.364 e. The highest BCUT2D eigenvalue weighted by molar-refractivity contribution is 5.79. The van der Waals surface area contributed by atoms with Gasteiger partial charge in [-0.2, -0.15) is 0 Å². The minimum absolute atomic E-state index is 0.714. The zero-order chi connectivity index (χ0) is 95.9. The molecule has 8 heterocycles. The van der Waals surface area contributed by atoms with Gasteiger partial charge in [-0.1, -0.05) is 0 Å². The molecular weight excluding hydrogens is 1760 g/mol. The number of aliphatic hydroxyl groups excluding tert-OH is 25. The molecule has 0 aromatic heterocycles. The average Bonchev–Trinajstić information content (AvgIpc) is 0.748. The lowest BCUT2D eigenvalue weighted by molar-refractivity contribution is -0.405. The monoisotopic (exact) mass is 1870 g/mol. The summed E-state index contributed by atoms with van der Waals surface area (Å²) < 4.78 is 88.2. The highest BCUT2D eigenvalue weighted by Gasteiger charge is 2.66. The van der Waals surface area contributed by atoms with Crippen molar-refractivity contribution in [3.05, 3.63) is 0 Å². The molecule has 0 spiro atoms. The van der Waals surface area contributed by atoms with Gasteiger partial charge in [0.25, 0.3) is 23.1 Å². The number of carboxylic acid groups (broad SMARTS) is 4. The Kier molecular flexibility index (Phi) is 37.3. The Bertz CT molecular complexity index is 3720. The predicted octanol–water partition coefficient (Wildman–Crippen LogP) is -20.9. The van der Waals surface area contributed by atoms with Crippen LogP contribution in [0.1, 0.15) is 60.3 Å². The lowest BCUT2D eigenvalue weighted by atomic mass is 9.87. The summed E-state index contributed by atoms with van der Waals surface area (Å²) >= 11 is 0. The summed E-state index contributed by atoms with van der Waals surface area (Å²) in [6, 6.07) is -10.3. The van der Waals surface area contributed by atoms with Crippen LogP contribution in [-0.4, -0.2) is 522 Å². The van der Waals surface area contributed by atoms with Crippen LogP contribution in [0.4, 0.5) is 0 Å². The van der Waals surface area contributed by atoms with Gasteiger partial charge in [0, 0.05) is 60.3 Å². The Morgan fingerprint density at radius 1 is 0.336 bits per heavy atom. The Morgan fingerprint density at radius 2 is 0.664 bits per heavy atom. The Morgan fingerprint density at radius 3 is 1.05 bits per heavy atom. The van der Waals surface area contributed by atoms with Crippen molar-refractivity contribution in [1.29, 1.82) is 0 Å². The fourth-order valence-electron chi connectivity index (χ4n) is 16.1. The van der Waals surface area contributed by atoms with Crippen molar-refractivity contribution in [1.82, 2.24) is 26.6 Å². The SMILES string of the molecule is CC(=O)N[C@H]1[C@H](O[C@@H]2[C@H](O[C@]3(C(=O)O)C[C@H](O)[C@@H](NC(C)=O)[C@H]([C@H](O)[C@@H](CO)O[C@]4(C(=O)O)C[C@H](O)[C@@H](NC(C)=O)[C@H]([C@H](O)[C@H](O)CO)O4)O3)[C@@H](O)[C@H](O[C@H]3[C@H](O)[C@@H](O)[C@H](O)O[C@@H]3CO)O[C@@H]2CO)O[C@H](CO[C@]2(C(=O)O)C[C@H](O)[C@@H](NC(C)=O)[C@H]([C@H](O)[C@H](O)CO)O2)[C@H](O)[C@@H]1O[C@@H]1O[C@H](CO[C@]2(C(=O)O)C[C@H](O)[C@@H](NC(C)=O)[C@H]([C@H](O)[C@H](O)CO)O2)[C@H](O)[C@H](O)[C@H]1O. The van der Waals surface area contributed by atoms with E-state index in [1.807, 2.05) is 0 Å². The molecule has 736 valence electrons. The molecule has 8 aliphatic heterocycles. The number of rotatable bonds is 39. The minimum atomic E-state index is -3.91. The van der Waals surface area contributed by atoms with Gasteiger partial charge >= 0.3 is 23.9 Å². The molecule has 58 heteroatoms. The van der Waals surface area contributed by atoms with Crippen LogP contribution in [0, 0.1) is 0 Å². The number of carbonyl (C=O) groups is 9. The third-order valence-corrected chi connectivity index (χ3v) is 22.6. The van der Waals surface area contributed by atoms with E-state index in [2.05, 4.69) is 26.6 Å². The molecule has 8 saturated heterocycles. The highest BCUT2D eigenvalue weighted by atomic mass is 16.8. The van der Waals surface area contributed by atoms with Crippen LogP contribution in [0.25, 0.3) is 0 Å². The summed E-state index contributed by atoms with van der Waals surface area (Å²) in [6.45, 7) is -7.30. The van der Waals surface area contributed by atoms with E-state index < -0.39 is 400 Å². The van der Waals surface area contributed by atoms with Gasteiger partial charge in [-0.15, -0.1) is 0 Å². The standard InChI is InChI=1S/C70H113N5O53/c1-18(82)71-35-23(87)6-67(63(106)107,124-54(35)40(94)27(91)10-76)114-16-33-43(97)46(100)49(103)61(119-33)122-53-39(75-22(5)86)60(118-34(45(53)99)17-115-68(64(108)109)7-24(88)36(72-19(2)83)55(125-68)41(95)28(92)11-77)121-52-32(15-81)117-62(120-51-31(14-80)116-59(105)48(102)47(51)101)50(104)58(52)128-70(66(112)113)9-26(90)38(74-21(4)85)57(127-70)44(98)30(13-79)123-69(65(110)111)8-25(89)37(73-20(3)84)56(126-69)42(96)29(93)12-78/h23-62,76-81,87-105H,6-17H2,1-5H3,(H,71,82)(H,72,83)(H,73,84)(H,74,85)(H,75,86)(H,106,107)(H,108,109)(H,110,111)(H,112,113)/t23-,24-,25-,26-,27+,28+,29+,30+,31+,32+,33+,34+,35+,36+,37+,38+,39+,40+,41+,42+,43-,44+,45-,46-,47+,48+,49+,50+,51+,52-,53+,54+,55+,56+,57+,58+,59+,60-,61-,62-,67+,68+,69+,70-/m0/s1. The molecule has 8 rings (SSSR count). The molecule has 128 heavy (non-hydrogen) atoms. The van der Waals surface area contributed by atoms with Crippen molar-refractivity contribution in [2.45, 2.75) is 328 Å². The molecule has 0 aromatic rings. The largest absolute Gasteiger partial charge is 0.477 e. The van der Waals surface area contributed by atoms with E-state index in [0.29, 0.717) is 6.92 Å². The number of carboxylic acids is 4. The van der Waals surface area contributed by atoms with E-state index in [1.54, 1.807) is 0 Å². The van der Waals surface area contributed by atoms with E-state index >= 15 is 0 Å². The second kappa shape index (κ2) is 44.7. The van der Waals surface area contributed by atoms with Gasteiger partial charge in [0.05, 0.1) is 101 Å². The molecule has 0 unspecified atom stereocenters. The lowest BCUT2D eigenvalue weighted by Gasteiger charge is -2.53. The quantitative estimate of drug-likeness (QED) is 0.0272. The predicted molar refractivity (Wildman–Crippen MR) is 391 cm³/mol. The normalized spacial score (nSPS) is 42.5. The van der Waals surface area contributed by atoms with Crippen LogP contribution in [0.3, 0.4) is 0 Å². The summed E-state index contributed by atoms with van der Waals surface area (Å²) in [7, 11) is 0. The number of aliphatic carboxylic acids is 4. The van der Waals surface area contributed by atoms with E-state index in [4.69, 9.17) is 71.1 Å². The number of hydrogen-bond donors (Lipinski definition) is 34. The topological polar surface area (TPSA) is 939 Å². The number of amides is 5. The number of aliphatic hydroxyl groups is 25. The molecule has 5 amide bonds. The molecule has 44 atom stereocenters. The van der Waals surface area contributed by atoms with Crippen molar-refractivity contribution < 1.29 is 262 Å². The van der Waals surface area contributed by atoms with Gasteiger partial charge in [0.2, 0.25) is 29.5 Å². The molecule has 0 saturated carbocycles. The maximum absolute atomic E-state index is 14.5. The summed E-state index contributed by atoms with van der Waals surface area (Å²) in [5.74, 6) is -28.7. The van der Waals surface area contributed by atoms with Crippen LogP contribution in [0.15, 0.2) is 0 Å². The lowest BCUT2D eigenvalue weighted by Crippen LogP contribution is -2.73. The fourth-order valence-corrected chi connectivity index (χ4v) is 16.1. The van der Waals surface area contributed by atoms with Crippen molar-refractivity contribution in [3.8, 4) is 0 Å². The summed E-state index contributed by atoms with van der Waals surface area (Å²) in [5.41, 5.74) is 0. The second-order valence-electron chi connectivity index (χ2n) is 31.8. The summed E-state index contributed by atoms with van der Waals surface area (Å²) in [4.78, 5) is 119. The first-order valence-corrected chi connectivity index (χ1v) is 39.6. The molecule has 58 nitrogen and oxygen atoms in total. The zero-order valence-electron chi connectivity index (χ0n) is 68.3. The van der Waals surface area contributed by atoms with Gasteiger partial charge in [-0.3, -0.25) is 24.0 Å². The molecular formula is C70H113N5O53. The number of ether oxygens (including phenoxy) is 15. The van der Waals surface area contributed by atoms with Crippen LogP contribution < -0.4 is 26.6 Å². The van der Waals surface area contributed by atoms with Crippen molar-refractivity contribution in [2.75, 3.05) is 52.9 Å². The van der Waals surface area contributed by atoms with Crippen LogP contribution in [-0.2, 0) is 114 Å².